The van der Waals surface area contributed by atoms with Crippen molar-refractivity contribution in [1.82, 2.24) is 10.2 Å². The SMILES string of the molecule is CCNC(C)(C)C(=O)N(CC)CC1CCOC1. The molecular weight excluding hydrogens is 216 g/mol. The highest BCUT2D eigenvalue weighted by atomic mass is 16.5. The first kappa shape index (κ1) is 14.5. The van der Waals surface area contributed by atoms with Gasteiger partial charge < -0.3 is 15.0 Å². The van der Waals surface area contributed by atoms with Crippen molar-refractivity contribution in [2.24, 2.45) is 5.92 Å². The van der Waals surface area contributed by atoms with Crippen LogP contribution < -0.4 is 5.32 Å². The van der Waals surface area contributed by atoms with Crippen LogP contribution in [0.2, 0.25) is 0 Å². The quantitative estimate of drug-likeness (QED) is 0.762. The van der Waals surface area contributed by atoms with Gasteiger partial charge in [0.25, 0.3) is 0 Å². The van der Waals surface area contributed by atoms with Gasteiger partial charge in [-0.05, 0) is 33.7 Å². The van der Waals surface area contributed by atoms with Gasteiger partial charge in [0, 0.05) is 25.6 Å². The molecule has 100 valence electrons. The monoisotopic (exact) mass is 242 g/mol. The molecule has 1 atom stereocenters. The third kappa shape index (κ3) is 3.96. The molecule has 0 spiro atoms. The molecule has 0 saturated carbocycles. The van der Waals surface area contributed by atoms with Gasteiger partial charge >= 0.3 is 0 Å². The minimum atomic E-state index is -0.468. The molecular formula is C13H26N2O2. The second-order valence-electron chi connectivity index (χ2n) is 5.23. The number of hydrogen-bond acceptors (Lipinski definition) is 3. The number of likely N-dealkylation sites (N-methyl/N-ethyl adjacent to an activating group) is 2. The molecule has 4 nitrogen and oxygen atoms in total. The van der Waals surface area contributed by atoms with E-state index in [0.717, 1.165) is 39.3 Å². The highest BCUT2D eigenvalue weighted by molar-refractivity contribution is 5.85. The normalized spacial score (nSPS) is 20.6. The molecule has 1 heterocycles. The second kappa shape index (κ2) is 6.36. The summed E-state index contributed by atoms with van der Waals surface area (Å²) in [6.07, 6.45) is 1.07. The number of carbonyl (C=O) groups is 1. The van der Waals surface area contributed by atoms with E-state index in [4.69, 9.17) is 4.74 Å². The van der Waals surface area contributed by atoms with Crippen LogP contribution >= 0.6 is 0 Å². The van der Waals surface area contributed by atoms with Gasteiger partial charge in [-0.1, -0.05) is 6.92 Å². The zero-order valence-corrected chi connectivity index (χ0v) is 11.6. The van der Waals surface area contributed by atoms with Crippen molar-refractivity contribution < 1.29 is 9.53 Å². The summed E-state index contributed by atoms with van der Waals surface area (Å²) in [7, 11) is 0. The summed E-state index contributed by atoms with van der Waals surface area (Å²) < 4.78 is 5.36. The van der Waals surface area contributed by atoms with Crippen molar-refractivity contribution in [1.29, 1.82) is 0 Å². The third-order valence-electron chi connectivity index (χ3n) is 3.32. The minimum absolute atomic E-state index is 0.189. The van der Waals surface area contributed by atoms with E-state index in [0.29, 0.717) is 5.92 Å². The van der Waals surface area contributed by atoms with Crippen LogP contribution in [0, 0.1) is 5.92 Å². The van der Waals surface area contributed by atoms with Gasteiger partial charge in [-0.25, -0.2) is 0 Å². The molecule has 1 N–H and O–H groups in total. The maximum atomic E-state index is 12.4. The van der Waals surface area contributed by atoms with E-state index in [9.17, 15) is 4.79 Å². The number of ether oxygens (including phenoxy) is 1. The smallest absolute Gasteiger partial charge is 0.242 e. The minimum Gasteiger partial charge on any atom is -0.381 e. The van der Waals surface area contributed by atoms with Crippen molar-refractivity contribution in [2.45, 2.75) is 39.7 Å². The van der Waals surface area contributed by atoms with Gasteiger partial charge in [0.2, 0.25) is 5.91 Å². The summed E-state index contributed by atoms with van der Waals surface area (Å²) in [5.74, 6) is 0.699. The standard InChI is InChI=1S/C13H26N2O2/c1-5-14-13(3,4)12(16)15(6-2)9-11-7-8-17-10-11/h11,14H,5-10H2,1-4H3. The first-order valence-corrected chi connectivity index (χ1v) is 6.63. The predicted molar refractivity (Wildman–Crippen MR) is 68.9 cm³/mol. The Morgan fingerprint density at radius 3 is 2.65 bits per heavy atom. The van der Waals surface area contributed by atoms with Crippen LogP contribution in [0.1, 0.15) is 34.1 Å². The van der Waals surface area contributed by atoms with E-state index >= 15 is 0 Å². The lowest BCUT2D eigenvalue weighted by Crippen LogP contribution is -2.54. The predicted octanol–water partition coefficient (Wildman–Crippen LogP) is 1.26. The number of amides is 1. The molecule has 1 saturated heterocycles. The number of hydrogen-bond donors (Lipinski definition) is 1. The zero-order chi connectivity index (χ0) is 12.9. The van der Waals surface area contributed by atoms with Crippen LogP contribution in [0.4, 0.5) is 0 Å². The highest BCUT2D eigenvalue weighted by Gasteiger charge is 2.32. The van der Waals surface area contributed by atoms with Crippen molar-refractivity contribution in [2.75, 3.05) is 32.8 Å². The first-order chi connectivity index (χ1) is 8.01. The fraction of sp³-hybridized carbons (Fsp3) is 0.923. The maximum absolute atomic E-state index is 12.4. The molecule has 1 unspecified atom stereocenters. The summed E-state index contributed by atoms with van der Waals surface area (Å²) in [6, 6.07) is 0. The molecule has 1 aliphatic heterocycles. The van der Waals surface area contributed by atoms with E-state index in [1.165, 1.54) is 0 Å². The van der Waals surface area contributed by atoms with Crippen LogP contribution in [-0.4, -0.2) is 49.2 Å². The maximum Gasteiger partial charge on any atom is 0.242 e. The molecule has 0 aromatic carbocycles. The molecule has 1 fully saturated rings. The van der Waals surface area contributed by atoms with Crippen molar-refractivity contribution >= 4 is 5.91 Å². The number of carbonyl (C=O) groups excluding carboxylic acids is 1. The van der Waals surface area contributed by atoms with Gasteiger partial charge in [-0.3, -0.25) is 4.79 Å². The summed E-state index contributed by atoms with van der Waals surface area (Å²) in [5.41, 5.74) is -0.468. The molecule has 0 aromatic heterocycles. The highest BCUT2D eigenvalue weighted by Crippen LogP contribution is 2.16. The second-order valence-corrected chi connectivity index (χ2v) is 5.23. The zero-order valence-electron chi connectivity index (χ0n) is 11.6. The molecule has 0 bridgehead atoms. The molecule has 0 aliphatic carbocycles. The Balaban J connectivity index is 2.56. The fourth-order valence-corrected chi connectivity index (χ4v) is 2.31. The van der Waals surface area contributed by atoms with Gasteiger partial charge in [-0.15, -0.1) is 0 Å². The number of nitrogens with zero attached hydrogens (tertiary/aromatic N) is 1. The molecule has 4 heteroatoms. The van der Waals surface area contributed by atoms with Gasteiger partial charge in [0.15, 0.2) is 0 Å². The molecule has 1 amide bonds. The number of nitrogens with one attached hydrogen (secondary N) is 1. The fourth-order valence-electron chi connectivity index (χ4n) is 2.31. The Labute approximate surface area is 105 Å². The van der Waals surface area contributed by atoms with Gasteiger partial charge in [0.1, 0.15) is 0 Å². The van der Waals surface area contributed by atoms with Crippen LogP contribution in [0.5, 0.6) is 0 Å². The van der Waals surface area contributed by atoms with Gasteiger partial charge in [-0.2, -0.15) is 0 Å². The largest absolute Gasteiger partial charge is 0.381 e. The Bertz CT molecular complexity index is 248. The average molecular weight is 242 g/mol. The Morgan fingerprint density at radius 2 is 2.18 bits per heavy atom. The lowest BCUT2D eigenvalue weighted by Gasteiger charge is -2.33. The summed E-state index contributed by atoms with van der Waals surface area (Å²) in [6.45, 7) is 12.0. The van der Waals surface area contributed by atoms with E-state index in [-0.39, 0.29) is 5.91 Å². The van der Waals surface area contributed by atoms with E-state index in [1.807, 2.05) is 32.6 Å². The van der Waals surface area contributed by atoms with Crippen LogP contribution in [-0.2, 0) is 9.53 Å². The van der Waals surface area contributed by atoms with Crippen LogP contribution in [0.15, 0.2) is 0 Å². The van der Waals surface area contributed by atoms with Crippen molar-refractivity contribution in [3.63, 3.8) is 0 Å². The molecule has 1 rings (SSSR count). The lowest BCUT2D eigenvalue weighted by molar-refractivity contribution is -0.137. The van der Waals surface area contributed by atoms with Gasteiger partial charge in [0.05, 0.1) is 12.1 Å². The van der Waals surface area contributed by atoms with Crippen LogP contribution in [0.25, 0.3) is 0 Å². The Morgan fingerprint density at radius 1 is 1.47 bits per heavy atom. The van der Waals surface area contributed by atoms with E-state index in [2.05, 4.69) is 5.32 Å². The average Bonchev–Trinajstić information content (AvgIpc) is 2.77. The summed E-state index contributed by atoms with van der Waals surface area (Å²) in [5, 5.41) is 3.24. The summed E-state index contributed by atoms with van der Waals surface area (Å²) in [4.78, 5) is 14.3. The molecule has 0 radical (unpaired) electrons. The van der Waals surface area contributed by atoms with Crippen molar-refractivity contribution in [3.8, 4) is 0 Å². The molecule has 17 heavy (non-hydrogen) atoms. The van der Waals surface area contributed by atoms with Crippen LogP contribution in [0.3, 0.4) is 0 Å². The number of rotatable bonds is 6. The van der Waals surface area contributed by atoms with E-state index in [1.54, 1.807) is 0 Å². The third-order valence-corrected chi connectivity index (χ3v) is 3.32. The lowest BCUT2D eigenvalue weighted by atomic mass is 10.0. The van der Waals surface area contributed by atoms with Crippen molar-refractivity contribution in [3.05, 3.63) is 0 Å². The first-order valence-electron chi connectivity index (χ1n) is 6.63. The van der Waals surface area contributed by atoms with E-state index < -0.39 is 5.54 Å². The summed E-state index contributed by atoms with van der Waals surface area (Å²) >= 11 is 0. The Kier molecular flexibility index (Phi) is 5.40. The topological polar surface area (TPSA) is 41.6 Å². The Hall–Kier alpha value is -0.610. The molecule has 0 aromatic rings. The molecule has 1 aliphatic rings.